The van der Waals surface area contributed by atoms with Gasteiger partial charge in [-0.15, -0.1) is 0 Å². The van der Waals surface area contributed by atoms with Crippen LogP contribution >= 0.6 is 0 Å². The fourth-order valence-corrected chi connectivity index (χ4v) is 1.92. The Morgan fingerprint density at radius 3 is 2.61 bits per heavy atom. The monoisotopic (exact) mass is 241 g/mol. The van der Waals surface area contributed by atoms with Gasteiger partial charge in [-0.25, -0.2) is 14.4 Å². The summed E-state index contributed by atoms with van der Waals surface area (Å²) in [5.74, 6) is 0.621. The van der Waals surface area contributed by atoms with Crippen LogP contribution < -0.4 is 0 Å². The lowest BCUT2D eigenvalue weighted by Gasteiger charge is -1.97. The molecule has 0 saturated carbocycles. The second-order valence-electron chi connectivity index (χ2n) is 4.31. The number of halogens is 1. The molecule has 90 valence electrons. The highest BCUT2D eigenvalue weighted by molar-refractivity contribution is 5.70. The molecule has 18 heavy (non-hydrogen) atoms. The number of pyridine rings is 1. The zero-order valence-electron chi connectivity index (χ0n) is 9.94. The van der Waals surface area contributed by atoms with Crippen LogP contribution in [0.1, 0.15) is 17.1 Å². The number of hydrogen-bond acceptors (Lipinski definition) is 2. The molecule has 0 saturated heterocycles. The van der Waals surface area contributed by atoms with Crippen LogP contribution in [0.5, 0.6) is 0 Å². The molecule has 4 heteroatoms. The summed E-state index contributed by atoms with van der Waals surface area (Å²) in [5.41, 5.74) is 3.62. The smallest absolute Gasteiger partial charge is 0.177 e. The number of fused-ring (bicyclic) bond motifs is 1. The lowest BCUT2D eigenvalue weighted by Crippen LogP contribution is -1.90. The van der Waals surface area contributed by atoms with Crippen LogP contribution in [0.25, 0.3) is 11.2 Å². The normalized spacial score (nSPS) is 11.0. The fraction of sp³-hybridized carbons (Fsp3) is 0.143. The van der Waals surface area contributed by atoms with Gasteiger partial charge in [-0.1, -0.05) is 12.1 Å². The first-order valence-electron chi connectivity index (χ1n) is 5.77. The van der Waals surface area contributed by atoms with Crippen LogP contribution in [0.2, 0.25) is 0 Å². The van der Waals surface area contributed by atoms with Gasteiger partial charge in [0.2, 0.25) is 0 Å². The first kappa shape index (κ1) is 10.9. The van der Waals surface area contributed by atoms with Crippen LogP contribution in [-0.4, -0.2) is 15.0 Å². The highest BCUT2D eigenvalue weighted by Crippen LogP contribution is 2.13. The number of benzene rings is 1. The zero-order chi connectivity index (χ0) is 12.5. The number of imidazole rings is 1. The molecule has 0 bridgehead atoms. The molecule has 3 rings (SSSR count). The minimum Gasteiger partial charge on any atom is -0.340 e. The standard InChI is InChI=1S/C14H12FN3/c1-9-2-7-12-14(16-9)18-13(17-12)8-10-3-5-11(15)6-4-10/h2-7H,8H2,1H3,(H,16,17,18). The van der Waals surface area contributed by atoms with E-state index in [4.69, 9.17) is 0 Å². The Labute approximate surface area is 104 Å². The van der Waals surface area contributed by atoms with E-state index in [2.05, 4.69) is 15.0 Å². The number of hydrogen-bond donors (Lipinski definition) is 1. The SMILES string of the molecule is Cc1ccc2[nH]c(Cc3ccc(F)cc3)nc2n1. The predicted octanol–water partition coefficient (Wildman–Crippen LogP) is 3.00. The van der Waals surface area contributed by atoms with Crippen molar-refractivity contribution >= 4 is 11.2 Å². The van der Waals surface area contributed by atoms with E-state index in [9.17, 15) is 4.39 Å². The number of aromatic nitrogens is 3. The summed E-state index contributed by atoms with van der Waals surface area (Å²) in [6, 6.07) is 10.4. The molecule has 2 aromatic heterocycles. The molecular formula is C14H12FN3. The summed E-state index contributed by atoms with van der Waals surface area (Å²) in [6.07, 6.45) is 0.648. The van der Waals surface area contributed by atoms with E-state index in [-0.39, 0.29) is 5.82 Å². The third-order valence-corrected chi connectivity index (χ3v) is 2.82. The molecule has 0 aliphatic rings. The van der Waals surface area contributed by atoms with Gasteiger partial charge in [-0.3, -0.25) is 0 Å². The van der Waals surface area contributed by atoms with Gasteiger partial charge < -0.3 is 4.98 Å². The Morgan fingerprint density at radius 1 is 1.06 bits per heavy atom. The third-order valence-electron chi connectivity index (χ3n) is 2.82. The van der Waals surface area contributed by atoms with Gasteiger partial charge >= 0.3 is 0 Å². The van der Waals surface area contributed by atoms with Crippen molar-refractivity contribution in [2.24, 2.45) is 0 Å². The summed E-state index contributed by atoms with van der Waals surface area (Å²) in [4.78, 5) is 12.0. The van der Waals surface area contributed by atoms with Gasteiger partial charge in [0.25, 0.3) is 0 Å². The van der Waals surface area contributed by atoms with Crippen molar-refractivity contribution in [3.63, 3.8) is 0 Å². The predicted molar refractivity (Wildman–Crippen MR) is 67.8 cm³/mol. The average Bonchev–Trinajstić information content (AvgIpc) is 2.73. The molecule has 0 spiro atoms. The van der Waals surface area contributed by atoms with E-state index in [0.29, 0.717) is 6.42 Å². The number of H-pyrrole nitrogens is 1. The minimum absolute atomic E-state index is 0.222. The van der Waals surface area contributed by atoms with Crippen LogP contribution in [0, 0.1) is 12.7 Å². The lowest BCUT2D eigenvalue weighted by atomic mass is 10.1. The van der Waals surface area contributed by atoms with Gasteiger partial charge in [-0.2, -0.15) is 0 Å². The van der Waals surface area contributed by atoms with Crippen LogP contribution in [0.4, 0.5) is 4.39 Å². The van der Waals surface area contributed by atoms with E-state index in [1.165, 1.54) is 12.1 Å². The van der Waals surface area contributed by atoms with E-state index >= 15 is 0 Å². The third kappa shape index (κ3) is 2.09. The summed E-state index contributed by atoms with van der Waals surface area (Å²) in [5, 5.41) is 0. The number of aryl methyl sites for hydroxylation is 1. The van der Waals surface area contributed by atoms with Crippen molar-refractivity contribution in [1.82, 2.24) is 15.0 Å². The number of nitrogens with zero attached hydrogens (tertiary/aromatic N) is 2. The fourth-order valence-electron chi connectivity index (χ4n) is 1.92. The van der Waals surface area contributed by atoms with Gasteiger partial charge in [0.05, 0.1) is 5.52 Å². The Hall–Kier alpha value is -2.23. The molecule has 1 N–H and O–H groups in total. The maximum absolute atomic E-state index is 12.8. The van der Waals surface area contributed by atoms with Crippen molar-refractivity contribution in [1.29, 1.82) is 0 Å². The van der Waals surface area contributed by atoms with Gasteiger partial charge in [0, 0.05) is 12.1 Å². The lowest BCUT2D eigenvalue weighted by molar-refractivity contribution is 0.627. The van der Waals surface area contributed by atoms with Gasteiger partial charge in [0.15, 0.2) is 5.65 Å². The van der Waals surface area contributed by atoms with Crippen LogP contribution in [-0.2, 0) is 6.42 Å². The molecule has 2 heterocycles. The topological polar surface area (TPSA) is 41.6 Å². The molecular weight excluding hydrogens is 229 g/mol. The first-order chi connectivity index (χ1) is 8.70. The molecule has 3 nitrogen and oxygen atoms in total. The van der Waals surface area contributed by atoms with Crippen LogP contribution in [0.15, 0.2) is 36.4 Å². The van der Waals surface area contributed by atoms with Crippen molar-refractivity contribution in [2.45, 2.75) is 13.3 Å². The zero-order valence-corrected chi connectivity index (χ0v) is 9.94. The highest BCUT2D eigenvalue weighted by Gasteiger charge is 2.05. The van der Waals surface area contributed by atoms with E-state index in [1.54, 1.807) is 12.1 Å². The highest BCUT2D eigenvalue weighted by atomic mass is 19.1. The molecule has 0 aliphatic heterocycles. The van der Waals surface area contributed by atoms with Crippen molar-refractivity contribution in [3.8, 4) is 0 Å². The van der Waals surface area contributed by atoms with Gasteiger partial charge in [-0.05, 0) is 36.8 Å². The van der Waals surface area contributed by atoms with Gasteiger partial charge in [0.1, 0.15) is 11.6 Å². The summed E-state index contributed by atoms with van der Waals surface area (Å²) in [7, 11) is 0. The number of nitrogens with one attached hydrogen (secondary N) is 1. The second-order valence-corrected chi connectivity index (χ2v) is 4.31. The Morgan fingerprint density at radius 2 is 1.83 bits per heavy atom. The molecule has 0 atom stereocenters. The van der Waals surface area contributed by atoms with E-state index < -0.39 is 0 Å². The van der Waals surface area contributed by atoms with Crippen LogP contribution in [0.3, 0.4) is 0 Å². The Balaban J connectivity index is 1.92. The molecule has 0 amide bonds. The maximum atomic E-state index is 12.8. The minimum atomic E-state index is -0.222. The van der Waals surface area contributed by atoms with E-state index in [0.717, 1.165) is 28.2 Å². The molecule has 1 aromatic carbocycles. The summed E-state index contributed by atoms with van der Waals surface area (Å²) in [6.45, 7) is 1.94. The summed E-state index contributed by atoms with van der Waals surface area (Å²) < 4.78 is 12.8. The van der Waals surface area contributed by atoms with Crippen molar-refractivity contribution in [3.05, 3.63) is 59.3 Å². The summed E-state index contributed by atoms with van der Waals surface area (Å²) >= 11 is 0. The molecule has 0 fully saturated rings. The average molecular weight is 241 g/mol. The number of aromatic amines is 1. The van der Waals surface area contributed by atoms with Crippen molar-refractivity contribution in [2.75, 3.05) is 0 Å². The molecule has 0 unspecified atom stereocenters. The molecule has 0 aliphatic carbocycles. The second kappa shape index (κ2) is 4.22. The number of rotatable bonds is 2. The first-order valence-corrected chi connectivity index (χ1v) is 5.77. The molecule has 3 aromatic rings. The largest absolute Gasteiger partial charge is 0.340 e. The molecule has 0 radical (unpaired) electrons. The van der Waals surface area contributed by atoms with Crippen molar-refractivity contribution < 1.29 is 4.39 Å². The Bertz CT molecular complexity index is 686. The maximum Gasteiger partial charge on any atom is 0.177 e. The quantitative estimate of drug-likeness (QED) is 0.749. The Kier molecular flexibility index (Phi) is 2.55. The van der Waals surface area contributed by atoms with E-state index in [1.807, 2.05) is 19.1 Å².